The Balaban J connectivity index is 1.94. The molecule has 1 saturated heterocycles. The lowest BCUT2D eigenvalue weighted by molar-refractivity contribution is -0.139. The van der Waals surface area contributed by atoms with Gasteiger partial charge in [-0.3, -0.25) is 0 Å². The summed E-state index contributed by atoms with van der Waals surface area (Å²) >= 11 is 0. The molecule has 31 heavy (non-hydrogen) atoms. The lowest BCUT2D eigenvalue weighted by atomic mass is 9.88. The summed E-state index contributed by atoms with van der Waals surface area (Å²) < 4.78 is 66.0. The fraction of sp³-hybridized carbons (Fsp3) is 0.350. The van der Waals surface area contributed by atoms with E-state index in [1.807, 2.05) is 12.1 Å². The van der Waals surface area contributed by atoms with Gasteiger partial charge in [-0.2, -0.15) is 18.3 Å². The topological polar surface area (TPSA) is 109 Å². The van der Waals surface area contributed by atoms with Crippen LogP contribution in [0, 0.1) is 0 Å². The van der Waals surface area contributed by atoms with Crippen LogP contribution in [0.2, 0.25) is 0 Å². The Kier molecular flexibility index (Phi) is 5.23. The molecule has 2 aromatic carbocycles. The summed E-state index contributed by atoms with van der Waals surface area (Å²) in [6.07, 6.45) is -3.37. The number of nitrogens with zero attached hydrogens (tertiary/aromatic N) is 3. The molecule has 4 rings (SSSR count). The van der Waals surface area contributed by atoms with Gasteiger partial charge < -0.3 is 11.1 Å². The molecular weight excluding hydrogens is 431 g/mol. The van der Waals surface area contributed by atoms with Gasteiger partial charge in [0.15, 0.2) is 22.3 Å². The third-order valence-corrected chi connectivity index (χ3v) is 6.63. The highest BCUT2D eigenvalue weighted by atomic mass is 32.2. The van der Waals surface area contributed by atoms with Gasteiger partial charge in [-0.15, -0.1) is 5.11 Å². The maximum atomic E-state index is 13.7. The maximum absolute atomic E-state index is 13.7. The van der Waals surface area contributed by atoms with Crippen LogP contribution in [0.25, 0.3) is 11.1 Å². The SMILES string of the molecule is CS(=O)(=O)c1c(C(F)(F)F)ccc(-c2ccc([C@@]3(N)CCNC3)cc2)c1C1=NCN=N1. The Bertz CT molecular complexity index is 1180. The van der Waals surface area contributed by atoms with Crippen molar-refractivity contribution >= 4 is 15.7 Å². The summed E-state index contributed by atoms with van der Waals surface area (Å²) in [5, 5.41) is 10.7. The van der Waals surface area contributed by atoms with Gasteiger partial charge in [-0.05, 0) is 35.7 Å². The molecule has 2 heterocycles. The van der Waals surface area contributed by atoms with Gasteiger partial charge in [0, 0.05) is 18.4 Å². The first-order chi connectivity index (χ1) is 14.5. The fourth-order valence-electron chi connectivity index (χ4n) is 3.95. The van der Waals surface area contributed by atoms with E-state index in [9.17, 15) is 21.6 Å². The summed E-state index contributed by atoms with van der Waals surface area (Å²) in [7, 11) is -4.28. The number of rotatable bonds is 4. The van der Waals surface area contributed by atoms with Crippen LogP contribution in [-0.2, 0) is 21.6 Å². The minimum Gasteiger partial charge on any atom is -0.320 e. The van der Waals surface area contributed by atoms with Crippen LogP contribution in [-0.4, -0.2) is 40.3 Å². The van der Waals surface area contributed by atoms with Gasteiger partial charge in [0.1, 0.15) is 0 Å². The fourth-order valence-corrected chi connectivity index (χ4v) is 5.11. The number of benzene rings is 2. The second-order valence-corrected chi connectivity index (χ2v) is 9.61. The zero-order valence-corrected chi connectivity index (χ0v) is 17.4. The van der Waals surface area contributed by atoms with Crippen molar-refractivity contribution in [2.75, 3.05) is 26.0 Å². The number of nitrogens with one attached hydrogen (secondary N) is 1. The zero-order chi connectivity index (χ0) is 22.4. The van der Waals surface area contributed by atoms with Crippen LogP contribution in [0.5, 0.6) is 0 Å². The first-order valence-corrected chi connectivity index (χ1v) is 11.4. The second kappa shape index (κ2) is 7.50. The molecule has 3 N–H and O–H groups in total. The number of azo groups is 1. The highest BCUT2D eigenvalue weighted by Crippen LogP contribution is 2.41. The van der Waals surface area contributed by atoms with Crippen molar-refractivity contribution in [1.29, 1.82) is 0 Å². The average molecular weight is 451 g/mol. The molecule has 0 unspecified atom stereocenters. The molecule has 164 valence electrons. The summed E-state index contributed by atoms with van der Waals surface area (Å²) in [5.74, 6) is -0.138. The molecule has 0 saturated carbocycles. The van der Waals surface area contributed by atoms with Gasteiger partial charge >= 0.3 is 6.18 Å². The van der Waals surface area contributed by atoms with Crippen molar-refractivity contribution in [3.63, 3.8) is 0 Å². The van der Waals surface area contributed by atoms with E-state index in [0.29, 0.717) is 12.1 Å². The van der Waals surface area contributed by atoms with E-state index >= 15 is 0 Å². The lowest BCUT2D eigenvalue weighted by Gasteiger charge is -2.24. The molecule has 2 aliphatic rings. The third kappa shape index (κ3) is 4.00. The standard InChI is InChI=1S/C20H20F3N5O2S/c1-31(29,30)17-15(20(21,22)23)7-6-14(16(17)18-26-11-27-28-18)12-2-4-13(5-3-12)19(24)8-9-25-10-19/h2-7,25H,8-11,24H2,1H3/t19-/m1/s1. The molecule has 0 aromatic heterocycles. The van der Waals surface area contributed by atoms with Gasteiger partial charge in [-0.1, -0.05) is 30.3 Å². The highest BCUT2D eigenvalue weighted by molar-refractivity contribution is 7.90. The minimum absolute atomic E-state index is 0.0736. The van der Waals surface area contributed by atoms with E-state index in [0.717, 1.165) is 30.9 Å². The van der Waals surface area contributed by atoms with Crippen LogP contribution >= 0.6 is 0 Å². The van der Waals surface area contributed by atoms with E-state index in [1.54, 1.807) is 12.1 Å². The van der Waals surface area contributed by atoms with Crippen LogP contribution in [0.4, 0.5) is 13.2 Å². The molecule has 11 heteroatoms. The minimum atomic E-state index is -4.87. The van der Waals surface area contributed by atoms with Crippen molar-refractivity contribution in [3.05, 3.63) is 53.1 Å². The maximum Gasteiger partial charge on any atom is 0.417 e. The predicted octanol–water partition coefficient (Wildman–Crippen LogP) is 3.09. The molecule has 1 fully saturated rings. The van der Waals surface area contributed by atoms with Crippen LogP contribution in [0.3, 0.4) is 0 Å². The molecule has 0 spiro atoms. The van der Waals surface area contributed by atoms with E-state index in [1.165, 1.54) is 6.07 Å². The van der Waals surface area contributed by atoms with Crippen LogP contribution in [0.15, 0.2) is 56.5 Å². The Morgan fingerprint density at radius 2 is 1.84 bits per heavy atom. The van der Waals surface area contributed by atoms with Crippen LogP contribution < -0.4 is 11.1 Å². The first-order valence-electron chi connectivity index (χ1n) is 9.48. The normalized spacial score (nSPS) is 21.5. The van der Waals surface area contributed by atoms with Crippen molar-refractivity contribution in [3.8, 4) is 11.1 Å². The van der Waals surface area contributed by atoms with Crippen molar-refractivity contribution in [1.82, 2.24) is 5.32 Å². The summed E-state index contributed by atoms with van der Waals surface area (Å²) in [6, 6.07) is 9.07. The summed E-state index contributed by atoms with van der Waals surface area (Å²) in [4.78, 5) is 3.15. The number of aliphatic imine (C=N–C) groups is 1. The number of hydrogen-bond donors (Lipinski definition) is 2. The Morgan fingerprint density at radius 1 is 1.13 bits per heavy atom. The Hall–Kier alpha value is -2.63. The van der Waals surface area contributed by atoms with E-state index < -0.39 is 32.0 Å². The molecule has 1 atom stereocenters. The number of hydrogen-bond acceptors (Lipinski definition) is 7. The van der Waals surface area contributed by atoms with Gasteiger partial charge in [0.05, 0.1) is 16.0 Å². The van der Waals surface area contributed by atoms with E-state index in [2.05, 4.69) is 20.5 Å². The first kappa shape index (κ1) is 21.6. The zero-order valence-electron chi connectivity index (χ0n) is 16.6. The molecule has 0 aliphatic carbocycles. The van der Waals surface area contributed by atoms with E-state index in [4.69, 9.17) is 5.73 Å². The number of halogens is 3. The van der Waals surface area contributed by atoms with Crippen molar-refractivity contribution in [2.24, 2.45) is 21.0 Å². The van der Waals surface area contributed by atoms with Crippen molar-refractivity contribution in [2.45, 2.75) is 23.0 Å². The lowest BCUT2D eigenvalue weighted by Crippen LogP contribution is -2.38. The third-order valence-electron chi connectivity index (χ3n) is 5.47. The number of amidine groups is 1. The van der Waals surface area contributed by atoms with Gasteiger partial charge in [-0.25, -0.2) is 13.4 Å². The quantitative estimate of drug-likeness (QED) is 0.744. The van der Waals surface area contributed by atoms with Gasteiger partial charge in [0.25, 0.3) is 0 Å². The van der Waals surface area contributed by atoms with Crippen LogP contribution in [0.1, 0.15) is 23.1 Å². The number of alkyl halides is 3. The molecule has 0 radical (unpaired) electrons. The molecule has 0 amide bonds. The largest absolute Gasteiger partial charge is 0.417 e. The number of nitrogens with two attached hydrogens (primary N) is 1. The summed E-state index contributed by atoms with van der Waals surface area (Å²) in [6.45, 7) is 1.34. The Labute approximate surface area is 177 Å². The smallest absolute Gasteiger partial charge is 0.320 e. The predicted molar refractivity (Wildman–Crippen MR) is 110 cm³/mol. The second-order valence-electron chi connectivity index (χ2n) is 7.66. The molecular formula is C20H20F3N5O2S. The molecule has 7 nitrogen and oxygen atoms in total. The average Bonchev–Trinajstić information content (AvgIpc) is 3.38. The number of sulfone groups is 1. The molecule has 0 bridgehead atoms. The monoisotopic (exact) mass is 451 g/mol. The molecule has 2 aliphatic heterocycles. The van der Waals surface area contributed by atoms with Gasteiger partial charge in [0.2, 0.25) is 0 Å². The Morgan fingerprint density at radius 3 is 2.35 bits per heavy atom. The van der Waals surface area contributed by atoms with E-state index in [-0.39, 0.29) is 23.6 Å². The highest BCUT2D eigenvalue weighted by Gasteiger charge is 2.40. The van der Waals surface area contributed by atoms with Crippen molar-refractivity contribution < 1.29 is 21.6 Å². The summed E-state index contributed by atoms with van der Waals surface area (Å²) in [5.41, 5.74) is 6.14. The molecule has 2 aromatic rings.